The number of benzene rings is 2. The highest BCUT2D eigenvalue weighted by Gasteiger charge is 2.17. The summed E-state index contributed by atoms with van der Waals surface area (Å²) in [7, 11) is 0. The van der Waals surface area contributed by atoms with Crippen molar-refractivity contribution in [2.45, 2.75) is 39.0 Å². The van der Waals surface area contributed by atoms with Gasteiger partial charge in [-0.05, 0) is 80.4 Å². The second-order valence-corrected chi connectivity index (χ2v) is 11.8. The average Bonchev–Trinajstić information content (AvgIpc) is 3.83. The summed E-state index contributed by atoms with van der Waals surface area (Å²) < 4.78 is 20.8. The zero-order chi connectivity index (χ0) is 31.5. The van der Waals surface area contributed by atoms with Crippen LogP contribution in [0.3, 0.4) is 0 Å². The molecule has 3 N–H and O–H groups in total. The molecule has 1 aliphatic rings. The van der Waals surface area contributed by atoms with Crippen LogP contribution in [0.5, 0.6) is 5.75 Å². The van der Waals surface area contributed by atoms with Gasteiger partial charge >= 0.3 is 0 Å². The minimum Gasteiger partial charge on any atom is -0.492 e. The topological polar surface area (TPSA) is 112 Å². The van der Waals surface area contributed by atoms with Crippen LogP contribution in [0.1, 0.15) is 39.0 Å². The van der Waals surface area contributed by atoms with Gasteiger partial charge in [0.05, 0.1) is 28.8 Å². The average molecular weight is 618 g/mol. The summed E-state index contributed by atoms with van der Waals surface area (Å²) in [4.78, 5) is 27.2. The number of hydrogen-bond donors (Lipinski definition) is 3. The van der Waals surface area contributed by atoms with Crippen molar-refractivity contribution in [2.75, 3.05) is 31.6 Å². The number of anilines is 1. The molecule has 1 aliphatic heterocycles. The fraction of sp³-hybridized carbons (Fsp3) is 0.278. The lowest BCUT2D eigenvalue weighted by molar-refractivity contribution is -0.116. The van der Waals surface area contributed by atoms with Gasteiger partial charge in [0.1, 0.15) is 23.9 Å². The highest BCUT2D eigenvalue weighted by molar-refractivity contribution is 6.01. The second kappa shape index (κ2) is 13.1. The standard InChI is InChI=1S/C36H36FN7O2/c1-2-3-6-34(45)40-27-16-25(21-38-22-27)23-7-8-32-29(18-23)36(43-42-32)33-20-30-31(41-33)9-10-39-35(30)24-15-26(37)19-28(17-24)46-14-13-44-11-4-5-12-44/h7-10,15-22,41H,2-6,11-14H2,1H3,(H,40,45)(H,42,43). The Balaban J connectivity index is 1.17. The van der Waals surface area contributed by atoms with E-state index < -0.39 is 0 Å². The van der Waals surface area contributed by atoms with E-state index >= 15 is 0 Å². The van der Waals surface area contributed by atoms with E-state index in [2.05, 4.69) is 48.4 Å². The van der Waals surface area contributed by atoms with Gasteiger partial charge in [-0.15, -0.1) is 0 Å². The third-order valence-electron chi connectivity index (χ3n) is 8.50. The molecular formula is C36H36FN7O2. The Morgan fingerprint density at radius 3 is 2.70 bits per heavy atom. The number of amides is 1. The number of aromatic nitrogens is 5. The van der Waals surface area contributed by atoms with Crippen molar-refractivity contribution >= 4 is 33.4 Å². The number of likely N-dealkylation sites (tertiary alicyclic amines) is 1. The molecule has 234 valence electrons. The lowest BCUT2D eigenvalue weighted by Gasteiger charge is -2.15. The van der Waals surface area contributed by atoms with E-state index in [0.29, 0.717) is 35.7 Å². The molecule has 0 spiro atoms. The van der Waals surface area contributed by atoms with Gasteiger partial charge in [0.25, 0.3) is 0 Å². The van der Waals surface area contributed by atoms with Gasteiger partial charge in [0.15, 0.2) is 0 Å². The Labute approximate surface area is 266 Å². The van der Waals surface area contributed by atoms with E-state index in [9.17, 15) is 9.18 Å². The van der Waals surface area contributed by atoms with Gasteiger partial charge in [-0.25, -0.2) is 4.39 Å². The van der Waals surface area contributed by atoms with Crippen molar-refractivity contribution in [3.8, 4) is 39.5 Å². The molecule has 0 radical (unpaired) electrons. The number of pyridine rings is 2. The summed E-state index contributed by atoms with van der Waals surface area (Å²) in [6.07, 6.45) is 9.91. The molecule has 9 nitrogen and oxygen atoms in total. The number of halogens is 1. The molecule has 0 bridgehead atoms. The molecule has 2 aromatic carbocycles. The second-order valence-electron chi connectivity index (χ2n) is 11.8. The van der Waals surface area contributed by atoms with Gasteiger partial charge in [-0.1, -0.05) is 19.4 Å². The summed E-state index contributed by atoms with van der Waals surface area (Å²) in [5.74, 6) is 0.113. The SMILES string of the molecule is CCCCC(=O)Nc1cncc(-c2ccc3[nH]nc(-c4cc5c(-c6cc(F)cc(OCCN7CCCC7)c6)nccc5[nH]4)c3c2)c1. The zero-order valence-corrected chi connectivity index (χ0v) is 25.8. The summed E-state index contributed by atoms with van der Waals surface area (Å²) in [5.41, 5.74) is 7.11. The smallest absolute Gasteiger partial charge is 0.224 e. The monoisotopic (exact) mass is 617 g/mol. The van der Waals surface area contributed by atoms with Crippen LogP contribution in [0.25, 0.3) is 55.6 Å². The van der Waals surface area contributed by atoms with Crippen LogP contribution >= 0.6 is 0 Å². The molecule has 0 saturated carbocycles. The lowest BCUT2D eigenvalue weighted by atomic mass is 10.0. The Hall–Kier alpha value is -5.09. The fourth-order valence-electron chi connectivity index (χ4n) is 6.12. The van der Waals surface area contributed by atoms with Gasteiger partial charge < -0.3 is 15.0 Å². The Bertz CT molecular complexity index is 2010. The summed E-state index contributed by atoms with van der Waals surface area (Å²) >= 11 is 0. The van der Waals surface area contributed by atoms with Crippen LogP contribution in [-0.4, -0.2) is 62.2 Å². The first kappa shape index (κ1) is 29.6. The Morgan fingerprint density at radius 1 is 0.957 bits per heavy atom. The van der Waals surface area contributed by atoms with Gasteiger partial charge in [-0.3, -0.25) is 24.8 Å². The molecule has 1 saturated heterocycles. The summed E-state index contributed by atoms with van der Waals surface area (Å²) in [6.45, 7) is 5.59. The molecule has 4 aromatic heterocycles. The van der Waals surface area contributed by atoms with Crippen LogP contribution in [0.4, 0.5) is 10.1 Å². The molecule has 0 unspecified atom stereocenters. The predicted molar refractivity (Wildman–Crippen MR) is 179 cm³/mol. The number of hydrogen-bond acceptors (Lipinski definition) is 6. The molecular weight excluding hydrogens is 581 g/mol. The normalized spacial score (nSPS) is 13.5. The van der Waals surface area contributed by atoms with Crippen molar-refractivity contribution in [1.82, 2.24) is 30.0 Å². The number of nitrogens with zero attached hydrogens (tertiary/aromatic N) is 4. The van der Waals surface area contributed by atoms with Crippen LogP contribution in [0, 0.1) is 5.82 Å². The van der Waals surface area contributed by atoms with Gasteiger partial charge in [0.2, 0.25) is 5.91 Å². The molecule has 46 heavy (non-hydrogen) atoms. The molecule has 10 heteroatoms. The number of H-pyrrole nitrogens is 2. The van der Waals surface area contributed by atoms with Crippen molar-refractivity contribution in [3.63, 3.8) is 0 Å². The lowest BCUT2D eigenvalue weighted by Crippen LogP contribution is -2.25. The van der Waals surface area contributed by atoms with E-state index in [1.807, 2.05) is 36.4 Å². The van der Waals surface area contributed by atoms with E-state index in [1.165, 1.54) is 25.0 Å². The first-order valence-corrected chi connectivity index (χ1v) is 15.9. The predicted octanol–water partition coefficient (Wildman–Crippen LogP) is 7.58. The number of carbonyl (C=O) groups excluding carboxylic acids is 1. The fourth-order valence-corrected chi connectivity index (χ4v) is 6.12. The molecule has 0 aliphatic carbocycles. The van der Waals surface area contributed by atoms with Crippen molar-refractivity contribution < 1.29 is 13.9 Å². The minimum atomic E-state index is -0.367. The highest BCUT2D eigenvalue weighted by Crippen LogP contribution is 2.35. The van der Waals surface area contributed by atoms with E-state index in [4.69, 9.17) is 4.74 Å². The largest absolute Gasteiger partial charge is 0.492 e. The number of nitrogens with one attached hydrogen (secondary N) is 3. The van der Waals surface area contributed by atoms with Crippen molar-refractivity contribution in [1.29, 1.82) is 0 Å². The first-order chi connectivity index (χ1) is 22.5. The van der Waals surface area contributed by atoms with E-state index in [0.717, 1.165) is 76.8 Å². The third kappa shape index (κ3) is 6.34. The van der Waals surface area contributed by atoms with Gasteiger partial charge in [0, 0.05) is 58.8 Å². The number of rotatable bonds is 11. The highest BCUT2D eigenvalue weighted by atomic mass is 19.1. The van der Waals surface area contributed by atoms with Crippen molar-refractivity contribution in [3.05, 3.63) is 79.0 Å². The van der Waals surface area contributed by atoms with Crippen molar-refractivity contribution in [2.24, 2.45) is 0 Å². The first-order valence-electron chi connectivity index (χ1n) is 15.9. The maximum atomic E-state index is 14.8. The Kier molecular flexibility index (Phi) is 8.43. The molecule has 7 rings (SSSR count). The number of fused-ring (bicyclic) bond motifs is 2. The summed E-state index contributed by atoms with van der Waals surface area (Å²) in [5, 5.41) is 12.5. The molecule has 0 atom stereocenters. The van der Waals surface area contributed by atoms with Crippen LogP contribution in [-0.2, 0) is 4.79 Å². The quantitative estimate of drug-likeness (QED) is 0.138. The number of ether oxygens (including phenoxy) is 1. The van der Waals surface area contributed by atoms with Crippen LogP contribution in [0.15, 0.2) is 73.2 Å². The Morgan fingerprint density at radius 2 is 1.83 bits per heavy atom. The maximum Gasteiger partial charge on any atom is 0.224 e. The number of aromatic amines is 2. The maximum absolute atomic E-state index is 14.8. The molecule has 5 heterocycles. The summed E-state index contributed by atoms with van der Waals surface area (Å²) in [6, 6.07) is 16.7. The third-order valence-corrected chi connectivity index (χ3v) is 8.50. The van der Waals surface area contributed by atoms with E-state index in [-0.39, 0.29) is 11.7 Å². The molecule has 6 aromatic rings. The van der Waals surface area contributed by atoms with Crippen LogP contribution in [0.2, 0.25) is 0 Å². The van der Waals surface area contributed by atoms with Gasteiger partial charge in [-0.2, -0.15) is 5.10 Å². The number of carbonyl (C=O) groups is 1. The minimum absolute atomic E-state index is 0.0134. The molecule has 1 fully saturated rings. The van der Waals surface area contributed by atoms with E-state index in [1.54, 1.807) is 18.6 Å². The van der Waals surface area contributed by atoms with Crippen LogP contribution < -0.4 is 10.1 Å². The number of unbranched alkanes of at least 4 members (excludes halogenated alkanes) is 1. The molecule has 1 amide bonds. The zero-order valence-electron chi connectivity index (χ0n) is 25.8.